The van der Waals surface area contributed by atoms with Gasteiger partial charge in [-0.05, 0) is 23.7 Å². The first-order valence-corrected chi connectivity index (χ1v) is 6.19. The second-order valence-corrected chi connectivity index (χ2v) is 5.80. The molecule has 0 aromatic carbocycles. The van der Waals surface area contributed by atoms with E-state index in [2.05, 4.69) is 13.8 Å². The minimum absolute atomic E-state index is 0.0528. The highest BCUT2D eigenvalue weighted by Gasteiger charge is 2.59. The maximum Gasteiger partial charge on any atom is 0.220 e. The Labute approximate surface area is 97.2 Å². The molecule has 2 unspecified atom stereocenters. The van der Waals surface area contributed by atoms with E-state index in [0.29, 0.717) is 18.3 Å². The zero-order valence-electron chi connectivity index (χ0n) is 10.6. The Balaban J connectivity index is 2.27. The molecule has 3 fully saturated rings. The number of amides is 1. The summed E-state index contributed by atoms with van der Waals surface area (Å²) in [5.41, 5.74) is 0.238. The zero-order valence-corrected chi connectivity index (χ0v) is 10.6. The first kappa shape index (κ1) is 11.6. The number of rotatable bonds is 2. The number of carbonyl (C=O) groups is 2. The first-order chi connectivity index (χ1) is 7.39. The summed E-state index contributed by atoms with van der Waals surface area (Å²) in [6.07, 6.45) is 1.65. The highest BCUT2D eigenvalue weighted by atomic mass is 16.2. The summed E-state index contributed by atoms with van der Waals surface area (Å²) in [6.45, 7) is 8.71. The molecule has 2 heterocycles. The van der Waals surface area contributed by atoms with E-state index in [-0.39, 0.29) is 23.1 Å². The second kappa shape index (κ2) is 3.57. The molecule has 1 aliphatic carbocycles. The Kier molecular flexibility index (Phi) is 2.59. The van der Waals surface area contributed by atoms with E-state index in [0.717, 1.165) is 13.0 Å². The Morgan fingerprint density at radius 3 is 2.44 bits per heavy atom. The van der Waals surface area contributed by atoms with Crippen LogP contribution in [-0.2, 0) is 9.59 Å². The number of carbonyl (C=O) groups excluding carboxylic acids is 2. The van der Waals surface area contributed by atoms with Crippen LogP contribution in [0.25, 0.3) is 0 Å². The predicted octanol–water partition coefficient (Wildman–Crippen LogP) is 1.86. The van der Waals surface area contributed by atoms with Crippen LogP contribution >= 0.6 is 0 Å². The lowest BCUT2D eigenvalue weighted by Gasteiger charge is -2.62. The van der Waals surface area contributed by atoms with E-state index >= 15 is 0 Å². The molecular weight excluding hydrogens is 202 g/mol. The van der Waals surface area contributed by atoms with Crippen LogP contribution in [0.3, 0.4) is 0 Å². The molecule has 0 aromatic heterocycles. The maximum atomic E-state index is 12.0. The average molecular weight is 223 g/mol. The fourth-order valence-electron chi connectivity index (χ4n) is 3.40. The zero-order chi connectivity index (χ0) is 12.1. The molecule has 3 rings (SSSR count). The molecule has 16 heavy (non-hydrogen) atoms. The van der Waals surface area contributed by atoms with Gasteiger partial charge in [0.25, 0.3) is 0 Å². The summed E-state index contributed by atoms with van der Waals surface area (Å²) < 4.78 is 0. The van der Waals surface area contributed by atoms with Gasteiger partial charge in [0.15, 0.2) is 5.78 Å². The maximum absolute atomic E-state index is 12.0. The van der Waals surface area contributed by atoms with Gasteiger partial charge in [-0.15, -0.1) is 0 Å². The van der Waals surface area contributed by atoms with Crippen molar-refractivity contribution in [3.63, 3.8) is 0 Å². The lowest BCUT2D eigenvalue weighted by molar-refractivity contribution is -0.173. The van der Waals surface area contributed by atoms with Gasteiger partial charge in [0.1, 0.15) is 0 Å². The van der Waals surface area contributed by atoms with Crippen molar-refractivity contribution in [2.24, 2.45) is 17.3 Å². The van der Waals surface area contributed by atoms with Gasteiger partial charge < -0.3 is 4.90 Å². The molecule has 2 aliphatic heterocycles. The van der Waals surface area contributed by atoms with Gasteiger partial charge in [-0.3, -0.25) is 9.59 Å². The number of fused-ring (bicyclic) bond motifs is 2. The highest BCUT2D eigenvalue weighted by molar-refractivity contribution is 5.89. The van der Waals surface area contributed by atoms with Gasteiger partial charge in [-0.2, -0.15) is 0 Å². The predicted molar refractivity (Wildman–Crippen MR) is 61.9 cm³/mol. The minimum Gasteiger partial charge on any atom is -0.332 e. The Morgan fingerprint density at radius 2 is 2.00 bits per heavy atom. The van der Waals surface area contributed by atoms with E-state index in [4.69, 9.17) is 0 Å². The summed E-state index contributed by atoms with van der Waals surface area (Å²) in [7, 11) is 0. The topological polar surface area (TPSA) is 37.4 Å². The molecule has 0 aromatic rings. The van der Waals surface area contributed by atoms with Crippen molar-refractivity contribution in [1.82, 2.24) is 4.90 Å². The van der Waals surface area contributed by atoms with Crippen molar-refractivity contribution < 1.29 is 9.59 Å². The number of nitrogens with zero attached hydrogens (tertiary/aromatic N) is 1. The van der Waals surface area contributed by atoms with Crippen molar-refractivity contribution in [2.45, 2.75) is 46.6 Å². The molecule has 2 saturated heterocycles. The van der Waals surface area contributed by atoms with E-state index in [1.807, 2.05) is 6.92 Å². The number of piperidine rings is 2. The Hall–Kier alpha value is -0.860. The van der Waals surface area contributed by atoms with Gasteiger partial charge in [-0.1, -0.05) is 20.8 Å². The van der Waals surface area contributed by atoms with Crippen LogP contribution in [0.1, 0.15) is 40.5 Å². The molecule has 0 spiro atoms. The monoisotopic (exact) mass is 223 g/mol. The smallest absolute Gasteiger partial charge is 0.220 e. The van der Waals surface area contributed by atoms with E-state index < -0.39 is 0 Å². The fraction of sp³-hybridized carbons (Fsp3) is 0.846. The lowest BCUT2D eigenvalue weighted by atomic mass is 9.49. The van der Waals surface area contributed by atoms with Crippen LogP contribution in [0.5, 0.6) is 0 Å². The minimum atomic E-state index is -0.150. The molecule has 3 atom stereocenters. The molecule has 90 valence electrons. The molecule has 3 aliphatic rings. The standard InChI is InChI=1S/C13H21NO2/c1-5-11(16)12-10-6-9(13(10,3)4)7-14(12)8(2)15/h9-10,12H,5-7H2,1-4H3/t9?,10?,12-/m0/s1. The quantitative estimate of drug-likeness (QED) is 0.716. The van der Waals surface area contributed by atoms with Crippen LogP contribution in [-0.4, -0.2) is 29.2 Å². The Morgan fingerprint density at radius 1 is 1.38 bits per heavy atom. The summed E-state index contributed by atoms with van der Waals surface area (Å²) in [5, 5.41) is 0. The van der Waals surface area contributed by atoms with Crippen molar-refractivity contribution >= 4 is 11.7 Å². The van der Waals surface area contributed by atoms with Crippen molar-refractivity contribution in [1.29, 1.82) is 0 Å². The van der Waals surface area contributed by atoms with Gasteiger partial charge in [0.2, 0.25) is 5.91 Å². The number of hydrogen-bond donors (Lipinski definition) is 0. The normalized spacial score (nSPS) is 35.5. The molecule has 0 radical (unpaired) electrons. The van der Waals surface area contributed by atoms with Crippen molar-refractivity contribution in [3.05, 3.63) is 0 Å². The van der Waals surface area contributed by atoms with Crippen LogP contribution in [0.2, 0.25) is 0 Å². The third-order valence-electron chi connectivity index (χ3n) is 4.76. The summed E-state index contributed by atoms with van der Waals surface area (Å²) in [4.78, 5) is 25.4. The average Bonchev–Trinajstić information content (AvgIpc) is 2.26. The Bertz CT molecular complexity index is 335. The fourth-order valence-corrected chi connectivity index (χ4v) is 3.40. The first-order valence-electron chi connectivity index (χ1n) is 6.19. The van der Waals surface area contributed by atoms with Crippen LogP contribution in [0.4, 0.5) is 0 Å². The van der Waals surface area contributed by atoms with Crippen LogP contribution in [0.15, 0.2) is 0 Å². The molecule has 1 amide bonds. The van der Waals surface area contributed by atoms with E-state index in [9.17, 15) is 9.59 Å². The van der Waals surface area contributed by atoms with Gasteiger partial charge >= 0.3 is 0 Å². The molecule has 3 heteroatoms. The van der Waals surface area contributed by atoms with E-state index in [1.165, 1.54) is 0 Å². The largest absolute Gasteiger partial charge is 0.332 e. The van der Waals surface area contributed by atoms with Gasteiger partial charge in [0, 0.05) is 19.9 Å². The van der Waals surface area contributed by atoms with E-state index in [1.54, 1.807) is 11.8 Å². The summed E-state index contributed by atoms with van der Waals surface area (Å²) in [5.74, 6) is 1.24. The highest BCUT2D eigenvalue weighted by Crippen LogP contribution is 2.57. The van der Waals surface area contributed by atoms with Gasteiger partial charge in [-0.25, -0.2) is 0 Å². The SMILES string of the molecule is CCC(=O)[C@@H]1C2CC(CN1C(C)=O)C2(C)C. The van der Waals surface area contributed by atoms with Gasteiger partial charge in [0.05, 0.1) is 6.04 Å². The summed E-state index contributed by atoms with van der Waals surface area (Å²) >= 11 is 0. The molecule has 3 nitrogen and oxygen atoms in total. The molecule has 2 bridgehead atoms. The number of Topliss-reactive ketones (excluding diaryl/α,β-unsaturated/α-hetero) is 1. The molecule has 1 saturated carbocycles. The van der Waals surface area contributed by atoms with Crippen molar-refractivity contribution in [3.8, 4) is 0 Å². The molecular formula is C13H21NO2. The third-order valence-corrected chi connectivity index (χ3v) is 4.76. The van der Waals surface area contributed by atoms with Crippen molar-refractivity contribution in [2.75, 3.05) is 6.54 Å². The molecule has 0 N–H and O–H groups in total. The second-order valence-electron chi connectivity index (χ2n) is 5.80. The lowest BCUT2D eigenvalue weighted by Crippen LogP contribution is -2.68. The number of hydrogen-bond acceptors (Lipinski definition) is 2. The van der Waals surface area contributed by atoms with Crippen LogP contribution in [0, 0.1) is 17.3 Å². The summed E-state index contributed by atoms with van der Waals surface area (Å²) in [6, 6.07) is -0.150. The third kappa shape index (κ3) is 1.40. The van der Waals surface area contributed by atoms with Crippen LogP contribution < -0.4 is 0 Å². The number of ketones is 1.